The summed E-state index contributed by atoms with van der Waals surface area (Å²) < 4.78 is 27.9. The van der Waals surface area contributed by atoms with Gasteiger partial charge in [0.15, 0.2) is 0 Å². The molecule has 0 atom stereocenters. The lowest BCUT2D eigenvalue weighted by Crippen LogP contribution is -2.11. The third-order valence-corrected chi connectivity index (χ3v) is 3.14. The number of aryl methyl sites for hydroxylation is 1. The van der Waals surface area contributed by atoms with E-state index in [1.54, 1.807) is 4.68 Å². The van der Waals surface area contributed by atoms with Crippen LogP contribution in [-0.2, 0) is 13.0 Å². The number of imidazole rings is 1. The monoisotopic (exact) mass is 270 g/mol. The van der Waals surface area contributed by atoms with Crippen LogP contribution in [-0.4, -0.2) is 31.0 Å². The molecule has 0 spiro atoms. The van der Waals surface area contributed by atoms with E-state index in [-0.39, 0.29) is 19.0 Å². The van der Waals surface area contributed by atoms with Gasteiger partial charge in [0.2, 0.25) is 0 Å². The first-order valence-corrected chi connectivity index (χ1v) is 5.98. The fraction of sp³-hybridized carbons (Fsp3) is 0.500. The molecule has 0 radical (unpaired) electrons. The quantitative estimate of drug-likeness (QED) is 0.899. The van der Waals surface area contributed by atoms with Gasteiger partial charge in [-0.3, -0.25) is 9.25 Å². The average Bonchev–Trinajstić information content (AvgIpc) is 2.91. The molecule has 0 aliphatic carbocycles. The molecule has 0 unspecified atom stereocenters. The number of aliphatic hydroxyl groups is 1. The minimum Gasteiger partial charge on any atom is -0.396 e. The lowest BCUT2D eigenvalue weighted by atomic mass is 10.1. The molecule has 0 aliphatic heterocycles. The third kappa shape index (κ3) is 2.65. The maximum absolute atomic E-state index is 12.7. The molecule has 0 saturated carbocycles. The van der Waals surface area contributed by atoms with Gasteiger partial charge in [-0.05, 0) is 25.8 Å². The van der Waals surface area contributed by atoms with Crippen LogP contribution in [0.5, 0.6) is 0 Å². The van der Waals surface area contributed by atoms with Gasteiger partial charge in [-0.1, -0.05) is 0 Å². The van der Waals surface area contributed by atoms with Crippen LogP contribution in [0.3, 0.4) is 0 Å². The van der Waals surface area contributed by atoms with Crippen LogP contribution < -0.4 is 0 Å². The van der Waals surface area contributed by atoms with E-state index in [2.05, 4.69) is 10.1 Å². The second-order valence-electron chi connectivity index (χ2n) is 4.31. The number of hydrogen-bond donors (Lipinski definition) is 1. The molecule has 0 amide bonds. The van der Waals surface area contributed by atoms with E-state index >= 15 is 0 Å². The Morgan fingerprint density at radius 3 is 2.74 bits per heavy atom. The molecule has 0 aromatic carbocycles. The van der Waals surface area contributed by atoms with Crippen molar-refractivity contribution >= 4 is 0 Å². The second-order valence-corrected chi connectivity index (χ2v) is 4.31. The Morgan fingerprint density at radius 2 is 2.11 bits per heavy atom. The molecular formula is C12H16F2N4O. The molecule has 1 N–H and O–H groups in total. The largest absolute Gasteiger partial charge is 0.396 e. The highest BCUT2D eigenvalue weighted by Gasteiger charge is 2.15. The van der Waals surface area contributed by atoms with Gasteiger partial charge in [-0.2, -0.15) is 13.9 Å². The topological polar surface area (TPSA) is 55.9 Å². The summed E-state index contributed by atoms with van der Waals surface area (Å²) in [6.45, 7) is 1.33. The molecule has 0 aliphatic rings. The molecule has 2 heterocycles. The lowest BCUT2D eigenvalue weighted by molar-refractivity contribution is 0.0665. The highest BCUT2D eigenvalue weighted by molar-refractivity contribution is 5.25. The van der Waals surface area contributed by atoms with Crippen molar-refractivity contribution in [3.63, 3.8) is 0 Å². The van der Waals surface area contributed by atoms with Gasteiger partial charge < -0.3 is 5.11 Å². The summed E-state index contributed by atoms with van der Waals surface area (Å²) in [7, 11) is 0. The van der Waals surface area contributed by atoms with Crippen LogP contribution in [0, 0.1) is 13.8 Å². The van der Waals surface area contributed by atoms with Crippen LogP contribution in [0.25, 0.3) is 0 Å². The molecular weight excluding hydrogens is 254 g/mol. The number of nitrogens with zero attached hydrogens (tertiary/aromatic N) is 4. The molecule has 104 valence electrons. The molecule has 0 fully saturated rings. The summed E-state index contributed by atoms with van der Waals surface area (Å²) in [5, 5.41) is 13.3. The van der Waals surface area contributed by atoms with Crippen molar-refractivity contribution in [1.82, 2.24) is 19.3 Å². The minimum atomic E-state index is -2.61. The third-order valence-electron chi connectivity index (χ3n) is 3.14. The maximum Gasteiger partial charge on any atom is 0.319 e. The van der Waals surface area contributed by atoms with Gasteiger partial charge >= 0.3 is 6.55 Å². The summed E-state index contributed by atoms with van der Waals surface area (Å²) in [4.78, 5) is 3.93. The SMILES string of the molecule is Cc1nn(Cc2nccn2C(F)F)c(C)c1CCO. The van der Waals surface area contributed by atoms with Gasteiger partial charge in [0.1, 0.15) is 5.82 Å². The van der Waals surface area contributed by atoms with E-state index in [0.29, 0.717) is 6.42 Å². The molecule has 2 aromatic rings. The Balaban J connectivity index is 2.28. The molecule has 7 heteroatoms. The van der Waals surface area contributed by atoms with E-state index < -0.39 is 6.55 Å². The first-order chi connectivity index (χ1) is 9.04. The zero-order chi connectivity index (χ0) is 14.0. The summed E-state index contributed by atoms with van der Waals surface area (Å²) in [6.07, 6.45) is 3.11. The predicted octanol–water partition coefficient (Wildman–Crippen LogP) is 1.67. The van der Waals surface area contributed by atoms with Crippen molar-refractivity contribution in [2.45, 2.75) is 33.4 Å². The van der Waals surface area contributed by atoms with E-state index in [1.165, 1.54) is 12.4 Å². The number of aromatic nitrogens is 4. The van der Waals surface area contributed by atoms with Crippen molar-refractivity contribution in [2.75, 3.05) is 6.61 Å². The molecule has 2 aromatic heterocycles. The first kappa shape index (κ1) is 13.7. The van der Waals surface area contributed by atoms with Crippen molar-refractivity contribution in [3.8, 4) is 0 Å². The highest BCUT2D eigenvalue weighted by Crippen LogP contribution is 2.17. The van der Waals surface area contributed by atoms with Crippen LogP contribution >= 0.6 is 0 Å². The summed E-state index contributed by atoms with van der Waals surface area (Å²) >= 11 is 0. The zero-order valence-electron chi connectivity index (χ0n) is 10.8. The number of alkyl halides is 2. The summed E-state index contributed by atoms with van der Waals surface area (Å²) in [6, 6.07) is 0. The fourth-order valence-corrected chi connectivity index (χ4v) is 2.14. The molecule has 19 heavy (non-hydrogen) atoms. The smallest absolute Gasteiger partial charge is 0.319 e. The fourth-order valence-electron chi connectivity index (χ4n) is 2.14. The Bertz CT molecular complexity index is 562. The molecule has 0 saturated heterocycles. The van der Waals surface area contributed by atoms with Gasteiger partial charge in [0, 0.05) is 24.7 Å². The van der Waals surface area contributed by atoms with E-state index in [0.717, 1.165) is 21.5 Å². The maximum atomic E-state index is 12.7. The van der Waals surface area contributed by atoms with E-state index in [1.807, 2.05) is 13.8 Å². The van der Waals surface area contributed by atoms with Gasteiger partial charge in [-0.25, -0.2) is 4.98 Å². The standard InChI is InChI=1S/C12H16F2N4O/c1-8-10(3-6-19)9(2)18(16-8)7-11-15-4-5-17(11)12(13)14/h4-5,12,19H,3,6-7H2,1-2H3. The van der Waals surface area contributed by atoms with Crippen LogP contribution in [0.1, 0.15) is 29.3 Å². The lowest BCUT2D eigenvalue weighted by Gasteiger charge is -2.08. The Morgan fingerprint density at radius 1 is 1.37 bits per heavy atom. The van der Waals surface area contributed by atoms with Crippen LogP contribution in [0.2, 0.25) is 0 Å². The predicted molar refractivity (Wildman–Crippen MR) is 65.1 cm³/mol. The van der Waals surface area contributed by atoms with Gasteiger partial charge in [0.25, 0.3) is 0 Å². The van der Waals surface area contributed by atoms with Crippen LogP contribution in [0.4, 0.5) is 8.78 Å². The van der Waals surface area contributed by atoms with Crippen molar-refractivity contribution in [1.29, 1.82) is 0 Å². The number of halogens is 2. The summed E-state index contributed by atoms with van der Waals surface area (Å²) in [5.41, 5.74) is 2.63. The van der Waals surface area contributed by atoms with Gasteiger partial charge in [0.05, 0.1) is 12.2 Å². The van der Waals surface area contributed by atoms with Gasteiger partial charge in [-0.15, -0.1) is 0 Å². The second kappa shape index (κ2) is 5.48. The minimum absolute atomic E-state index is 0.0407. The highest BCUT2D eigenvalue weighted by atomic mass is 19.3. The van der Waals surface area contributed by atoms with E-state index in [4.69, 9.17) is 5.11 Å². The van der Waals surface area contributed by atoms with Crippen LogP contribution in [0.15, 0.2) is 12.4 Å². The number of hydrogen-bond acceptors (Lipinski definition) is 3. The summed E-state index contributed by atoms with van der Waals surface area (Å²) in [5.74, 6) is 0.260. The first-order valence-electron chi connectivity index (χ1n) is 5.98. The average molecular weight is 270 g/mol. The normalized spacial score (nSPS) is 11.5. The zero-order valence-corrected chi connectivity index (χ0v) is 10.8. The Kier molecular flexibility index (Phi) is 3.94. The molecule has 2 rings (SSSR count). The number of rotatable bonds is 5. The van der Waals surface area contributed by atoms with E-state index in [9.17, 15) is 8.78 Å². The Labute approximate surface area is 109 Å². The number of aliphatic hydroxyl groups excluding tert-OH is 1. The Hall–Kier alpha value is -1.76. The molecule has 0 bridgehead atoms. The van der Waals surface area contributed by atoms with Crippen molar-refractivity contribution in [3.05, 3.63) is 35.2 Å². The van der Waals surface area contributed by atoms with Crippen molar-refractivity contribution in [2.24, 2.45) is 0 Å². The van der Waals surface area contributed by atoms with Crippen molar-refractivity contribution < 1.29 is 13.9 Å². The molecule has 5 nitrogen and oxygen atoms in total.